The van der Waals surface area contributed by atoms with Gasteiger partial charge in [-0.3, -0.25) is 4.79 Å². The Hall–Kier alpha value is -0.910. The Morgan fingerprint density at radius 3 is 2.19 bits per heavy atom. The fraction of sp³-hybridized carbons (Fsp3) is 0.864. The second-order valence-corrected chi connectivity index (χ2v) is 7.34. The monoisotopic (exact) mass is 385 g/mol. The SMILES string of the molecule is CCCCCC[C@@H](O)C/C=C/CCCCCCCC(=O)N(CCO)CCO. The van der Waals surface area contributed by atoms with Crippen LogP contribution in [-0.4, -0.2) is 58.5 Å². The number of aliphatic hydroxyl groups excluding tert-OH is 3. The number of carbonyl (C=O) groups is 1. The predicted octanol–water partition coefficient (Wildman–Crippen LogP) is 3.81. The quantitative estimate of drug-likeness (QED) is 0.233. The van der Waals surface area contributed by atoms with Crippen molar-refractivity contribution in [1.82, 2.24) is 4.90 Å². The lowest BCUT2D eigenvalue weighted by atomic mass is 10.1. The molecule has 5 heteroatoms. The molecule has 160 valence electrons. The summed E-state index contributed by atoms with van der Waals surface area (Å²) < 4.78 is 0. The first-order valence-electron chi connectivity index (χ1n) is 11.0. The van der Waals surface area contributed by atoms with Crippen molar-refractivity contribution in [2.75, 3.05) is 26.3 Å². The van der Waals surface area contributed by atoms with Gasteiger partial charge in [0.25, 0.3) is 0 Å². The molecule has 3 N–H and O–H groups in total. The lowest BCUT2D eigenvalue weighted by molar-refractivity contribution is -0.132. The summed E-state index contributed by atoms with van der Waals surface area (Å²) in [6.07, 6.45) is 17.5. The zero-order valence-corrected chi connectivity index (χ0v) is 17.4. The molecular formula is C22H43NO4. The summed E-state index contributed by atoms with van der Waals surface area (Å²) in [5.41, 5.74) is 0. The van der Waals surface area contributed by atoms with Gasteiger partial charge in [-0.25, -0.2) is 0 Å². The van der Waals surface area contributed by atoms with Gasteiger partial charge in [-0.05, 0) is 32.1 Å². The molecule has 1 atom stereocenters. The lowest BCUT2D eigenvalue weighted by Crippen LogP contribution is -2.35. The number of nitrogens with zero attached hydrogens (tertiary/aromatic N) is 1. The molecule has 0 saturated carbocycles. The molecule has 0 heterocycles. The summed E-state index contributed by atoms with van der Waals surface area (Å²) in [6, 6.07) is 0. The highest BCUT2D eigenvalue weighted by Gasteiger charge is 2.11. The van der Waals surface area contributed by atoms with E-state index < -0.39 is 0 Å². The van der Waals surface area contributed by atoms with E-state index in [2.05, 4.69) is 19.1 Å². The van der Waals surface area contributed by atoms with Gasteiger partial charge in [0.2, 0.25) is 5.91 Å². The summed E-state index contributed by atoms with van der Waals surface area (Å²) in [6.45, 7) is 2.69. The van der Waals surface area contributed by atoms with E-state index in [-0.39, 0.29) is 25.2 Å². The van der Waals surface area contributed by atoms with Crippen molar-refractivity contribution in [3.05, 3.63) is 12.2 Å². The van der Waals surface area contributed by atoms with Gasteiger partial charge in [0.15, 0.2) is 0 Å². The minimum Gasteiger partial charge on any atom is -0.395 e. The van der Waals surface area contributed by atoms with E-state index in [0.29, 0.717) is 19.5 Å². The van der Waals surface area contributed by atoms with Crippen molar-refractivity contribution in [1.29, 1.82) is 0 Å². The zero-order chi connectivity index (χ0) is 20.2. The van der Waals surface area contributed by atoms with Crippen LogP contribution in [0.4, 0.5) is 0 Å². The second kappa shape index (κ2) is 19.8. The van der Waals surface area contributed by atoms with Crippen molar-refractivity contribution >= 4 is 5.91 Å². The Morgan fingerprint density at radius 1 is 0.889 bits per heavy atom. The van der Waals surface area contributed by atoms with Crippen LogP contribution in [0.5, 0.6) is 0 Å². The molecule has 0 aromatic heterocycles. The van der Waals surface area contributed by atoms with Crippen LogP contribution >= 0.6 is 0 Å². The van der Waals surface area contributed by atoms with Gasteiger partial charge < -0.3 is 20.2 Å². The summed E-state index contributed by atoms with van der Waals surface area (Å²) >= 11 is 0. The number of unbranched alkanes of at least 4 members (excludes halogenated alkanes) is 8. The van der Waals surface area contributed by atoms with Gasteiger partial charge in [-0.15, -0.1) is 0 Å². The van der Waals surface area contributed by atoms with Gasteiger partial charge >= 0.3 is 0 Å². The van der Waals surface area contributed by atoms with Crippen LogP contribution in [0, 0.1) is 0 Å². The molecule has 0 rings (SSSR count). The molecule has 0 aliphatic carbocycles. The topological polar surface area (TPSA) is 81.0 Å². The Kier molecular flexibility index (Phi) is 19.2. The second-order valence-electron chi connectivity index (χ2n) is 7.34. The fourth-order valence-corrected chi connectivity index (χ4v) is 3.13. The van der Waals surface area contributed by atoms with Gasteiger partial charge in [0, 0.05) is 19.5 Å². The molecule has 0 aliphatic rings. The molecule has 0 aromatic carbocycles. The van der Waals surface area contributed by atoms with Crippen LogP contribution in [-0.2, 0) is 4.79 Å². The third kappa shape index (κ3) is 17.0. The van der Waals surface area contributed by atoms with E-state index in [1.807, 2.05) is 0 Å². The van der Waals surface area contributed by atoms with E-state index in [1.54, 1.807) is 0 Å². The summed E-state index contributed by atoms with van der Waals surface area (Å²) in [5.74, 6) is 0.0225. The predicted molar refractivity (Wildman–Crippen MR) is 112 cm³/mol. The third-order valence-corrected chi connectivity index (χ3v) is 4.82. The third-order valence-electron chi connectivity index (χ3n) is 4.82. The van der Waals surface area contributed by atoms with Crippen molar-refractivity contribution in [2.24, 2.45) is 0 Å². The Labute approximate surface area is 166 Å². The number of allylic oxidation sites excluding steroid dienone is 1. The minimum atomic E-state index is -0.188. The maximum absolute atomic E-state index is 12.0. The highest BCUT2D eigenvalue weighted by atomic mass is 16.3. The first kappa shape index (κ1) is 26.1. The van der Waals surface area contributed by atoms with Crippen LogP contribution in [0.25, 0.3) is 0 Å². The number of hydrogen-bond donors (Lipinski definition) is 3. The van der Waals surface area contributed by atoms with Crippen LogP contribution in [0.3, 0.4) is 0 Å². The Balaban J connectivity index is 3.51. The molecule has 27 heavy (non-hydrogen) atoms. The number of rotatable bonds is 19. The van der Waals surface area contributed by atoms with E-state index in [4.69, 9.17) is 10.2 Å². The van der Waals surface area contributed by atoms with Crippen molar-refractivity contribution in [2.45, 2.75) is 96.5 Å². The van der Waals surface area contributed by atoms with Crippen LogP contribution < -0.4 is 0 Å². The largest absolute Gasteiger partial charge is 0.395 e. The van der Waals surface area contributed by atoms with Crippen LogP contribution in [0.2, 0.25) is 0 Å². The standard InChI is InChI=1S/C22H43NO4/c1-2-3-4-11-14-21(26)15-12-9-7-5-6-8-10-13-16-22(27)23(17-19-24)18-20-25/h9,12,21,24-26H,2-8,10-11,13-20H2,1H3/b12-9+/t21-/m1/s1. The highest BCUT2D eigenvalue weighted by Crippen LogP contribution is 2.11. The first-order chi connectivity index (χ1) is 13.2. The summed E-state index contributed by atoms with van der Waals surface area (Å²) in [5, 5.41) is 27.8. The number of hydrogen-bond acceptors (Lipinski definition) is 4. The average Bonchev–Trinajstić information content (AvgIpc) is 2.66. The molecule has 0 aromatic rings. The van der Waals surface area contributed by atoms with Crippen molar-refractivity contribution < 1.29 is 20.1 Å². The molecule has 0 aliphatic heterocycles. The first-order valence-corrected chi connectivity index (χ1v) is 11.0. The van der Waals surface area contributed by atoms with Gasteiger partial charge in [-0.2, -0.15) is 0 Å². The molecule has 5 nitrogen and oxygen atoms in total. The fourth-order valence-electron chi connectivity index (χ4n) is 3.13. The minimum absolute atomic E-state index is 0.0225. The van der Waals surface area contributed by atoms with E-state index in [1.165, 1.54) is 24.2 Å². The Bertz CT molecular complexity index is 354. The summed E-state index contributed by atoms with van der Waals surface area (Å²) in [4.78, 5) is 13.5. The van der Waals surface area contributed by atoms with Crippen LogP contribution in [0.1, 0.15) is 90.4 Å². The number of aliphatic hydroxyl groups is 3. The molecule has 1 amide bonds. The maximum Gasteiger partial charge on any atom is 0.222 e. The highest BCUT2D eigenvalue weighted by molar-refractivity contribution is 5.76. The summed E-state index contributed by atoms with van der Waals surface area (Å²) in [7, 11) is 0. The van der Waals surface area contributed by atoms with Crippen molar-refractivity contribution in [3.63, 3.8) is 0 Å². The molecule has 0 spiro atoms. The van der Waals surface area contributed by atoms with E-state index >= 15 is 0 Å². The molecule has 0 saturated heterocycles. The molecular weight excluding hydrogens is 342 g/mol. The molecule has 0 fully saturated rings. The number of amides is 1. The van der Waals surface area contributed by atoms with Crippen molar-refractivity contribution in [3.8, 4) is 0 Å². The lowest BCUT2D eigenvalue weighted by Gasteiger charge is -2.20. The molecule has 0 unspecified atom stereocenters. The normalized spacial score (nSPS) is 12.6. The average molecular weight is 386 g/mol. The molecule has 0 radical (unpaired) electrons. The van der Waals surface area contributed by atoms with E-state index in [9.17, 15) is 9.90 Å². The molecule has 0 bridgehead atoms. The van der Waals surface area contributed by atoms with Crippen LogP contribution in [0.15, 0.2) is 12.2 Å². The van der Waals surface area contributed by atoms with Gasteiger partial charge in [0.1, 0.15) is 0 Å². The maximum atomic E-state index is 12.0. The van der Waals surface area contributed by atoms with Gasteiger partial charge in [-0.1, -0.05) is 64.0 Å². The smallest absolute Gasteiger partial charge is 0.222 e. The number of carbonyl (C=O) groups excluding carboxylic acids is 1. The zero-order valence-electron chi connectivity index (χ0n) is 17.4. The van der Waals surface area contributed by atoms with E-state index in [0.717, 1.165) is 57.8 Å². The van der Waals surface area contributed by atoms with Gasteiger partial charge in [0.05, 0.1) is 19.3 Å². The Morgan fingerprint density at radius 2 is 1.52 bits per heavy atom.